The highest BCUT2D eigenvalue weighted by Crippen LogP contribution is 2.74. The van der Waals surface area contributed by atoms with Crippen molar-refractivity contribution < 1.29 is 19.4 Å². The number of rotatable bonds is 7. The highest BCUT2D eigenvalue weighted by molar-refractivity contribution is 5.65. The zero-order valence-electron chi connectivity index (χ0n) is 24.4. The van der Waals surface area contributed by atoms with E-state index in [-0.39, 0.29) is 46.4 Å². The second-order valence-electron chi connectivity index (χ2n) is 14.1. The number of aldehydes is 1. The maximum atomic E-state index is 13.3. The predicted octanol–water partition coefficient (Wildman–Crippen LogP) is 6.76. The summed E-state index contributed by atoms with van der Waals surface area (Å²) in [6.45, 7) is 16.0. The van der Waals surface area contributed by atoms with Gasteiger partial charge < -0.3 is 19.4 Å². The van der Waals surface area contributed by atoms with Gasteiger partial charge in [-0.15, -0.1) is 0 Å². The van der Waals surface area contributed by atoms with Crippen molar-refractivity contribution in [1.29, 1.82) is 0 Å². The van der Waals surface area contributed by atoms with E-state index in [9.17, 15) is 9.90 Å². The van der Waals surface area contributed by atoms with Crippen molar-refractivity contribution in [3.8, 4) is 0 Å². The van der Waals surface area contributed by atoms with Gasteiger partial charge in [-0.1, -0.05) is 57.9 Å². The molecule has 0 unspecified atom stereocenters. The Kier molecular flexibility index (Phi) is 7.52. The highest BCUT2D eigenvalue weighted by atomic mass is 16.5. The van der Waals surface area contributed by atoms with Gasteiger partial charge in [0.2, 0.25) is 0 Å². The third-order valence-electron chi connectivity index (χ3n) is 12.0. The monoisotopic (exact) mass is 500 g/mol. The smallest absolute Gasteiger partial charge is 0.127 e. The second-order valence-corrected chi connectivity index (χ2v) is 14.1. The Hall–Kier alpha value is -0.970. The molecule has 0 aromatic carbocycles. The van der Waals surface area contributed by atoms with Gasteiger partial charge in [0.15, 0.2) is 0 Å². The molecule has 4 heteroatoms. The minimum Gasteiger partial charge on any atom is -0.392 e. The molecule has 0 radical (unpaired) electrons. The molecule has 10 atom stereocenters. The van der Waals surface area contributed by atoms with Gasteiger partial charge in [0, 0.05) is 31.0 Å². The molecule has 36 heavy (non-hydrogen) atoms. The van der Waals surface area contributed by atoms with Crippen LogP contribution in [-0.2, 0) is 14.3 Å². The largest absolute Gasteiger partial charge is 0.392 e. The van der Waals surface area contributed by atoms with Crippen molar-refractivity contribution in [2.24, 2.45) is 45.3 Å². The molecule has 0 saturated heterocycles. The molecule has 4 rings (SSSR count). The maximum absolute atomic E-state index is 13.3. The summed E-state index contributed by atoms with van der Waals surface area (Å²) < 4.78 is 12.1. The number of carbonyl (C=O) groups is 1. The predicted molar refractivity (Wildman–Crippen MR) is 146 cm³/mol. The van der Waals surface area contributed by atoms with Gasteiger partial charge in [-0.2, -0.15) is 0 Å². The summed E-state index contributed by atoms with van der Waals surface area (Å²) in [5, 5.41) is 10.9. The number of carbonyl (C=O) groups excluding carboxylic acids is 1. The summed E-state index contributed by atoms with van der Waals surface area (Å²) in [7, 11) is 3.64. The van der Waals surface area contributed by atoms with Gasteiger partial charge in [0.05, 0.1) is 18.3 Å². The fraction of sp³-hybridized carbons (Fsp3) is 0.844. The number of fused-ring (bicyclic) bond motifs is 5. The average molecular weight is 501 g/mol. The van der Waals surface area contributed by atoms with E-state index in [4.69, 9.17) is 9.47 Å². The minimum absolute atomic E-state index is 0.0209. The van der Waals surface area contributed by atoms with Crippen LogP contribution >= 0.6 is 0 Å². The van der Waals surface area contributed by atoms with Crippen LogP contribution in [-0.4, -0.2) is 43.9 Å². The average Bonchev–Trinajstić information content (AvgIpc) is 3.11. The summed E-state index contributed by atoms with van der Waals surface area (Å²) in [4.78, 5) is 13.3. The first-order valence-electron chi connectivity index (χ1n) is 14.4. The summed E-state index contributed by atoms with van der Waals surface area (Å²) in [6.07, 6.45) is 12.7. The molecule has 1 N–H and O–H groups in total. The third kappa shape index (κ3) is 3.92. The highest BCUT2D eigenvalue weighted by Gasteiger charge is 2.71. The number of hydrogen-bond acceptors (Lipinski definition) is 4. The van der Waals surface area contributed by atoms with E-state index in [1.165, 1.54) is 23.9 Å². The van der Waals surface area contributed by atoms with Crippen LogP contribution < -0.4 is 0 Å². The molecule has 0 heterocycles. The van der Waals surface area contributed by atoms with Crippen molar-refractivity contribution >= 4 is 6.29 Å². The molecule has 204 valence electrons. The van der Waals surface area contributed by atoms with E-state index in [1.807, 2.05) is 14.2 Å². The fourth-order valence-corrected chi connectivity index (χ4v) is 9.86. The Morgan fingerprint density at radius 2 is 1.78 bits per heavy atom. The van der Waals surface area contributed by atoms with Crippen LogP contribution in [0.5, 0.6) is 0 Å². The number of hydrogen-bond donors (Lipinski definition) is 1. The van der Waals surface area contributed by atoms with Crippen molar-refractivity contribution in [2.75, 3.05) is 14.2 Å². The number of aliphatic hydroxyl groups is 1. The third-order valence-corrected chi connectivity index (χ3v) is 12.0. The molecule has 0 aromatic rings. The SMILES string of the molecule is CO[C@H](C=C(C)C)C[C@@H](C)[C@H]1CC[C@@]2(C)[C@@H]3[C@@H](OC)C=C4[C@@H](CC[C@H](O)C4(C)C)[C@]3(C=O)CC[C@]12C. The lowest BCUT2D eigenvalue weighted by Crippen LogP contribution is -2.64. The van der Waals surface area contributed by atoms with E-state index in [0.29, 0.717) is 11.8 Å². The molecule has 0 aromatic heterocycles. The number of allylic oxidation sites excluding steroid dienone is 1. The Morgan fingerprint density at radius 1 is 1.08 bits per heavy atom. The summed E-state index contributed by atoms with van der Waals surface area (Å²) in [5.41, 5.74) is 2.00. The van der Waals surface area contributed by atoms with Gasteiger partial charge in [-0.05, 0) is 87.4 Å². The van der Waals surface area contributed by atoms with Crippen LogP contribution in [0.1, 0.15) is 93.4 Å². The van der Waals surface area contributed by atoms with Gasteiger partial charge in [-0.3, -0.25) is 0 Å². The molecule has 0 bridgehead atoms. The molecule has 3 fully saturated rings. The van der Waals surface area contributed by atoms with E-state index >= 15 is 0 Å². The first-order valence-corrected chi connectivity index (χ1v) is 14.4. The molecule has 0 spiro atoms. The van der Waals surface area contributed by atoms with Crippen molar-refractivity contribution in [2.45, 2.75) is 112 Å². The first-order chi connectivity index (χ1) is 16.8. The summed E-state index contributed by atoms with van der Waals surface area (Å²) >= 11 is 0. The standard InChI is InChI=1S/C32H52O4/c1-20(2)16-22(35-8)17-21(3)23-12-13-31(7)28-26(36-9)18-25-24(10-11-27(34)29(25,4)5)32(28,19-33)15-14-30(23,31)6/h16,18-19,21-24,26-28,34H,10-15,17H2,1-9H3/t21-,22-,23-,24-,26+,27+,28+,30-,31+,32-/m1/s1. The maximum Gasteiger partial charge on any atom is 0.127 e. The molecule has 0 amide bonds. The first kappa shape index (κ1) is 28.0. The molecule has 4 aliphatic carbocycles. The number of ether oxygens (including phenoxy) is 2. The zero-order chi connectivity index (χ0) is 26.7. The van der Waals surface area contributed by atoms with E-state index in [1.54, 1.807) is 0 Å². The minimum atomic E-state index is -0.411. The lowest BCUT2D eigenvalue weighted by Gasteiger charge is -2.66. The van der Waals surface area contributed by atoms with E-state index < -0.39 is 5.41 Å². The Labute approximate surface area is 220 Å². The van der Waals surface area contributed by atoms with Gasteiger partial charge in [0.25, 0.3) is 0 Å². The van der Waals surface area contributed by atoms with Crippen molar-refractivity contribution in [1.82, 2.24) is 0 Å². The van der Waals surface area contributed by atoms with Gasteiger partial charge in [0.1, 0.15) is 6.29 Å². The normalized spacial score (nSPS) is 44.9. The fourth-order valence-electron chi connectivity index (χ4n) is 9.86. The molecular formula is C32H52O4. The van der Waals surface area contributed by atoms with E-state index in [2.05, 4.69) is 60.6 Å². The van der Waals surface area contributed by atoms with E-state index in [0.717, 1.165) is 38.5 Å². The van der Waals surface area contributed by atoms with Crippen LogP contribution in [0.15, 0.2) is 23.3 Å². The molecule has 3 saturated carbocycles. The Morgan fingerprint density at radius 3 is 2.36 bits per heavy atom. The lowest BCUT2D eigenvalue weighted by molar-refractivity contribution is -0.186. The molecule has 4 aliphatic rings. The topological polar surface area (TPSA) is 55.8 Å². The van der Waals surface area contributed by atoms with Crippen molar-refractivity contribution in [3.63, 3.8) is 0 Å². The Balaban J connectivity index is 1.74. The van der Waals surface area contributed by atoms with Crippen molar-refractivity contribution in [3.05, 3.63) is 23.3 Å². The van der Waals surface area contributed by atoms with Gasteiger partial charge >= 0.3 is 0 Å². The van der Waals surface area contributed by atoms with Crippen LogP contribution in [0.25, 0.3) is 0 Å². The number of methoxy groups -OCH3 is 2. The van der Waals surface area contributed by atoms with Crippen LogP contribution in [0.4, 0.5) is 0 Å². The lowest BCUT2D eigenvalue weighted by atomic mass is 9.38. The molecular weight excluding hydrogens is 448 g/mol. The van der Waals surface area contributed by atoms with Crippen LogP contribution in [0.3, 0.4) is 0 Å². The summed E-state index contributed by atoms with van der Waals surface area (Å²) in [6, 6.07) is 0. The summed E-state index contributed by atoms with van der Waals surface area (Å²) in [5.74, 6) is 1.51. The second kappa shape index (κ2) is 9.65. The molecule has 4 nitrogen and oxygen atoms in total. The van der Waals surface area contributed by atoms with Crippen LogP contribution in [0, 0.1) is 45.3 Å². The van der Waals surface area contributed by atoms with Gasteiger partial charge in [-0.25, -0.2) is 0 Å². The Bertz CT molecular complexity index is 900. The molecule has 0 aliphatic heterocycles. The quantitative estimate of drug-likeness (QED) is 0.310. The number of aliphatic hydroxyl groups excluding tert-OH is 1. The van der Waals surface area contributed by atoms with Crippen LogP contribution in [0.2, 0.25) is 0 Å². The zero-order valence-corrected chi connectivity index (χ0v) is 24.4.